The highest BCUT2D eigenvalue weighted by Crippen LogP contribution is 2.28. The summed E-state index contributed by atoms with van der Waals surface area (Å²) < 4.78 is 28.1. The molecule has 0 radical (unpaired) electrons. The van der Waals surface area contributed by atoms with Crippen LogP contribution in [0.1, 0.15) is 28.4 Å². The lowest BCUT2D eigenvalue weighted by Gasteiger charge is -2.30. The highest BCUT2D eigenvalue weighted by Gasteiger charge is 2.26. The van der Waals surface area contributed by atoms with Crippen LogP contribution >= 0.6 is 0 Å². The number of sulfonamides is 1. The Morgan fingerprint density at radius 1 is 1.13 bits per heavy atom. The third-order valence-electron chi connectivity index (χ3n) is 5.58. The first kappa shape index (κ1) is 20.2. The molecule has 0 unspecified atom stereocenters. The Kier molecular flexibility index (Phi) is 5.11. The third kappa shape index (κ3) is 3.59. The van der Waals surface area contributed by atoms with Gasteiger partial charge in [0.2, 0.25) is 10.0 Å². The van der Waals surface area contributed by atoms with E-state index in [0.29, 0.717) is 36.3 Å². The number of aryl methyl sites for hydroxylation is 1. The van der Waals surface area contributed by atoms with Crippen molar-refractivity contribution in [3.05, 3.63) is 75.6 Å². The van der Waals surface area contributed by atoms with Crippen molar-refractivity contribution < 1.29 is 13.2 Å². The van der Waals surface area contributed by atoms with E-state index in [0.717, 1.165) is 16.5 Å². The summed E-state index contributed by atoms with van der Waals surface area (Å²) in [7, 11) is -1.69. The summed E-state index contributed by atoms with van der Waals surface area (Å²) in [6.45, 7) is 2.40. The van der Waals surface area contributed by atoms with Crippen molar-refractivity contribution in [2.24, 2.45) is 7.05 Å². The number of nitrogens with zero attached hydrogens (tertiary/aromatic N) is 2. The first-order chi connectivity index (χ1) is 14.3. The molecule has 2 heterocycles. The number of aromatic nitrogens is 1. The third-order valence-corrected chi connectivity index (χ3v) is 6.87. The van der Waals surface area contributed by atoms with E-state index in [1.807, 2.05) is 30.3 Å². The summed E-state index contributed by atoms with van der Waals surface area (Å²) in [5, 5.41) is 0.736. The van der Waals surface area contributed by atoms with Crippen LogP contribution in [0.3, 0.4) is 0 Å². The van der Waals surface area contributed by atoms with Crippen LogP contribution in [0, 0.1) is 0 Å². The van der Waals surface area contributed by atoms with E-state index in [1.165, 1.54) is 10.6 Å². The molecule has 3 aromatic rings. The number of nitrogens with one attached hydrogen (secondary N) is 1. The summed E-state index contributed by atoms with van der Waals surface area (Å²) in [5.74, 6) is -0.203. The number of benzene rings is 2. The molecule has 7 nitrogen and oxygen atoms in total. The molecule has 1 aromatic heterocycles. The molecule has 0 spiro atoms. The molecule has 0 saturated heterocycles. The lowest BCUT2D eigenvalue weighted by atomic mass is 9.97. The van der Waals surface area contributed by atoms with Crippen LogP contribution in [0.4, 0.5) is 5.69 Å². The van der Waals surface area contributed by atoms with Gasteiger partial charge in [0.1, 0.15) is 0 Å². The van der Waals surface area contributed by atoms with E-state index < -0.39 is 10.0 Å². The van der Waals surface area contributed by atoms with Crippen molar-refractivity contribution in [2.45, 2.75) is 19.9 Å². The highest BCUT2D eigenvalue weighted by molar-refractivity contribution is 7.92. The Balaban J connectivity index is 1.68. The summed E-state index contributed by atoms with van der Waals surface area (Å²) in [6.07, 6.45) is 0.534. The van der Waals surface area contributed by atoms with Crippen molar-refractivity contribution in [1.82, 2.24) is 9.47 Å². The average molecular weight is 426 g/mol. The molecule has 0 saturated carbocycles. The molecule has 4 rings (SSSR count). The van der Waals surface area contributed by atoms with Crippen LogP contribution in [0.2, 0.25) is 0 Å². The van der Waals surface area contributed by atoms with Crippen LogP contribution in [0.5, 0.6) is 0 Å². The Labute approximate surface area is 175 Å². The maximum absolute atomic E-state index is 13.3. The average Bonchev–Trinajstić information content (AvgIpc) is 2.75. The smallest absolute Gasteiger partial charge is 0.255 e. The minimum Gasteiger partial charge on any atom is -0.334 e. The predicted octanol–water partition coefficient (Wildman–Crippen LogP) is 2.50. The van der Waals surface area contributed by atoms with Gasteiger partial charge in [-0.05, 0) is 36.6 Å². The number of carbonyl (C=O) groups excluding carboxylic acids is 1. The second-order valence-electron chi connectivity index (χ2n) is 7.40. The number of hydrogen-bond donors (Lipinski definition) is 1. The molecule has 8 heteroatoms. The lowest BCUT2D eigenvalue weighted by Crippen LogP contribution is -2.37. The van der Waals surface area contributed by atoms with Crippen LogP contribution in [0.15, 0.2) is 53.3 Å². The first-order valence-corrected chi connectivity index (χ1v) is 11.5. The topological polar surface area (TPSA) is 88.5 Å². The largest absolute Gasteiger partial charge is 0.334 e. The second kappa shape index (κ2) is 7.60. The molecule has 1 amide bonds. The van der Waals surface area contributed by atoms with Gasteiger partial charge in [0.05, 0.1) is 22.5 Å². The molecule has 0 atom stereocenters. The van der Waals surface area contributed by atoms with E-state index in [9.17, 15) is 18.0 Å². The SMILES string of the molecule is CCS(=O)(=O)Nc1cccc2c1CCN(C(=O)c1cc(=O)n(C)c3ccccc13)C2. The Bertz CT molecular complexity index is 1310. The van der Waals surface area contributed by atoms with Gasteiger partial charge in [-0.15, -0.1) is 0 Å². The second-order valence-corrected chi connectivity index (χ2v) is 9.41. The van der Waals surface area contributed by atoms with Gasteiger partial charge in [-0.25, -0.2) is 8.42 Å². The predicted molar refractivity (Wildman–Crippen MR) is 117 cm³/mol. The van der Waals surface area contributed by atoms with E-state index in [4.69, 9.17) is 0 Å². The monoisotopic (exact) mass is 425 g/mol. The van der Waals surface area contributed by atoms with Gasteiger partial charge in [-0.1, -0.05) is 30.3 Å². The normalized spacial score (nSPS) is 13.9. The molecule has 30 heavy (non-hydrogen) atoms. The number of amides is 1. The van der Waals surface area contributed by atoms with Gasteiger partial charge in [-0.3, -0.25) is 14.3 Å². The quantitative estimate of drug-likeness (QED) is 0.696. The van der Waals surface area contributed by atoms with Crippen molar-refractivity contribution >= 4 is 32.5 Å². The van der Waals surface area contributed by atoms with E-state index in [2.05, 4.69) is 4.72 Å². The number of pyridine rings is 1. The number of anilines is 1. The van der Waals surface area contributed by atoms with Gasteiger partial charge < -0.3 is 9.47 Å². The fourth-order valence-electron chi connectivity index (χ4n) is 3.88. The number of para-hydroxylation sites is 1. The van der Waals surface area contributed by atoms with Gasteiger partial charge in [-0.2, -0.15) is 0 Å². The first-order valence-electron chi connectivity index (χ1n) is 9.80. The molecule has 156 valence electrons. The highest BCUT2D eigenvalue weighted by atomic mass is 32.2. The summed E-state index contributed by atoms with van der Waals surface area (Å²) in [4.78, 5) is 27.4. The zero-order valence-corrected chi connectivity index (χ0v) is 17.7. The number of carbonyl (C=O) groups is 1. The van der Waals surface area contributed by atoms with Crippen LogP contribution in [-0.4, -0.2) is 36.1 Å². The Morgan fingerprint density at radius 3 is 2.67 bits per heavy atom. The minimum atomic E-state index is -3.38. The zero-order valence-electron chi connectivity index (χ0n) is 16.9. The van der Waals surface area contributed by atoms with E-state index in [-0.39, 0.29) is 17.2 Å². The molecule has 0 aliphatic carbocycles. The molecule has 1 aliphatic rings. The minimum absolute atomic E-state index is 0.00266. The number of rotatable bonds is 4. The van der Waals surface area contributed by atoms with Crippen molar-refractivity contribution in [1.29, 1.82) is 0 Å². The van der Waals surface area contributed by atoms with E-state index in [1.54, 1.807) is 31.0 Å². The molecule has 2 aromatic carbocycles. The summed E-state index contributed by atoms with van der Waals surface area (Å²) in [5.41, 5.74) is 3.25. The summed E-state index contributed by atoms with van der Waals surface area (Å²) in [6, 6.07) is 14.2. The van der Waals surface area contributed by atoms with Crippen molar-refractivity contribution in [2.75, 3.05) is 17.0 Å². The Hall–Kier alpha value is -3.13. The maximum Gasteiger partial charge on any atom is 0.255 e. The van der Waals surface area contributed by atoms with Gasteiger partial charge in [0.15, 0.2) is 0 Å². The van der Waals surface area contributed by atoms with Crippen LogP contribution in [-0.2, 0) is 30.0 Å². The fraction of sp³-hybridized carbons (Fsp3) is 0.273. The molecule has 0 fully saturated rings. The maximum atomic E-state index is 13.3. The van der Waals surface area contributed by atoms with Crippen molar-refractivity contribution in [3.63, 3.8) is 0 Å². The van der Waals surface area contributed by atoms with Gasteiger partial charge in [0, 0.05) is 31.6 Å². The molecular formula is C22H23N3O4S. The van der Waals surface area contributed by atoms with Crippen molar-refractivity contribution in [3.8, 4) is 0 Å². The summed E-state index contributed by atoms with van der Waals surface area (Å²) >= 11 is 0. The van der Waals surface area contributed by atoms with E-state index >= 15 is 0 Å². The molecule has 1 N–H and O–H groups in total. The van der Waals surface area contributed by atoms with Gasteiger partial charge >= 0.3 is 0 Å². The molecular weight excluding hydrogens is 402 g/mol. The van der Waals surface area contributed by atoms with Crippen LogP contribution in [0.25, 0.3) is 10.9 Å². The number of hydrogen-bond acceptors (Lipinski definition) is 4. The molecule has 0 bridgehead atoms. The fourth-order valence-corrected chi connectivity index (χ4v) is 4.55. The number of fused-ring (bicyclic) bond motifs is 2. The van der Waals surface area contributed by atoms with Crippen LogP contribution < -0.4 is 10.3 Å². The zero-order chi connectivity index (χ0) is 21.5. The lowest BCUT2D eigenvalue weighted by molar-refractivity contribution is 0.0736. The Morgan fingerprint density at radius 2 is 1.90 bits per heavy atom. The standard InChI is InChI=1S/C22H23N3O4S/c1-3-30(28,29)23-19-9-6-7-15-14-25(12-11-16(15)19)22(27)18-13-21(26)24(2)20-10-5-4-8-17(18)20/h4-10,13,23H,3,11-12,14H2,1-2H3. The van der Waals surface area contributed by atoms with Gasteiger partial charge in [0.25, 0.3) is 11.5 Å². The molecule has 1 aliphatic heterocycles.